The van der Waals surface area contributed by atoms with Crippen LogP contribution in [0.25, 0.3) is 0 Å². The van der Waals surface area contributed by atoms with Crippen molar-refractivity contribution in [2.24, 2.45) is 0 Å². The predicted octanol–water partition coefficient (Wildman–Crippen LogP) is 3.16. The van der Waals surface area contributed by atoms with Crippen LogP contribution in [0.15, 0.2) is 42.1 Å². The molecule has 2 rings (SSSR count). The van der Waals surface area contributed by atoms with Crippen molar-refractivity contribution in [2.45, 2.75) is 52.3 Å². The molecule has 7 heteroatoms. The van der Waals surface area contributed by atoms with Crippen molar-refractivity contribution in [3.05, 3.63) is 47.7 Å². The molecule has 0 aromatic heterocycles. The monoisotopic (exact) mass is 403 g/mol. The maximum atomic E-state index is 12.7. The minimum Gasteiger partial charge on any atom is -0.463 e. The molecule has 0 spiro atoms. The smallest absolute Gasteiger partial charge is 0.354 e. The molecule has 0 saturated carbocycles. The minimum absolute atomic E-state index is 0.0989. The molecule has 29 heavy (non-hydrogen) atoms. The van der Waals surface area contributed by atoms with Gasteiger partial charge in [0.2, 0.25) is 0 Å². The second kappa shape index (κ2) is 11.4. The molecule has 2 atom stereocenters. The molecule has 1 aliphatic heterocycles. The van der Waals surface area contributed by atoms with Crippen LogP contribution >= 0.6 is 0 Å². The standard InChI is InChI=1S/C22H29NO6/c1-4-27-21(25)14-18(22(26)28-5-2)23-19(17-11-7-6-8-12-17)15-29-20(23)13-9-10-16(3)24/h6-8,11-12,14,19-20H,4-5,9-10,13,15H2,1-3H3/b18-14+. The van der Waals surface area contributed by atoms with Crippen molar-refractivity contribution in [3.8, 4) is 0 Å². The van der Waals surface area contributed by atoms with E-state index in [9.17, 15) is 14.4 Å². The Morgan fingerprint density at radius 3 is 2.45 bits per heavy atom. The Morgan fingerprint density at radius 1 is 1.14 bits per heavy atom. The lowest BCUT2D eigenvalue weighted by atomic mass is 10.0. The third-order valence-corrected chi connectivity index (χ3v) is 4.56. The zero-order valence-corrected chi connectivity index (χ0v) is 17.3. The molecule has 7 nitrogen and oxygen atoms in total. The van der Waals surface area contributed by atoms with Crippen LogP contribution in [0.1, 0.15) is 51.6 Å². The van der Waals surface area contributed by atoms with Crippen molar-refractivity contribution >= 4 is 17.7 Å². The summed E-state index contributed by atoms with van der Waals surface area (Å²) in [6.45, 7) is 5.69. The number of rotatable bonds is 10. The van der Waals surface area contributed by atoms with Crippen LogP contribution in [0.5, 0.6) is 0 Å². The lowest BCUT2D eigenvalue weighted by Gasteiger charge is -2.31. The fourth-order valence-electron chi connectivity index (χ4n) is 3.31. The molecule has 1 fully saturated rings. The van der Waals surface area contributed by atoms with E-state index in [1.54, 1.807) is 25.7 Å². The first kappa shape index (κ1) is 22.6. The van der Waals surface area contributed by atoms with Gasteiger partial charge >= 0.3 is 11.9 Å². The Bertz CT molecular complexity index is 730. The van der Waals surface area contributed by atoms with Crippen LogP contribution in [0, 0.1) is 0 Å². The first-order valence-electron chi connectivity index (χ1n) is 9.97. The topological polar surface area (TPSA) is 82.1 Å². The van der Waals surface area contributed by atoms with E-state index in [1.807, 2.05) is 30.3 Å². The Morgan fingerprint density at radius 2 is 1.83 bits per heavy atom. The molecule has 0 radical (unpaired) electrons. The van der Waals surface area contributed by atoms with E-state index >= 15 is 0 Å². The van der Waals surface area contributed by atoms with Gasteiger partial charge in [-0.05, 0) is 39.2 Å². The van der Waals surface area contributed by atoms with Gasteiger partial charge < -0.3 is 23.9 Å². The third-order valence-electron chi connectivity index (χ3n) is 4.56. The first-order valence-corrected chi connectivity index (χ1v) is 9.97. The average molecular weight is 403 g/mol. The fourth-order valence-corrected chi connectivity index (χ4v) is 3.31. The fraction of sp³-hybridized carbons (Fsp3) is 0.500. The Labute approximate surface area is 171 Å². The van der Waals surface area contributed by atoms with Crippen LogP contribution in [0.4, 0.5) is 0 Å². The number of ether oxygens (including phenoxy) is 3. The molecule has 1 aromatic carbocycles. The highest BCUT2D eigenvalue weighted by Crippen LogP contribution is 2.36. The van der Waals surface area contributed by atoms with E-state index in [1.165, 1.54) is 6.08 Å². The largest absolute Gasteiger partial charge is 0.463 e. The first-order chi connectivity index (χ1) is 14.0. The van der Waals surface area contributed by atoms with Gasteiger partial charge in [-0.25, -0.2) is 9.59 Å². The van der Waals surface area contributed by atoms with E-state index in [4.69, 9.17) is 14.2 Å². The van der Waals surface area contributed by atoms with Crippen molar-refractivity contribution in [2.75, 3.05) is 19.8 Å². The number of hydrogen-bond donors (Lipinski definition) is 0. The summed E-state index contributed by atoms with van der Waals surface area (Å²) in [6.07, 6.45) is 2.31. The van der Waals surface area contributed by atoms with Gasteiger partial charge in [0, 0.05) is 6.42 Å². The molecule has 1 heterocycles. The molecule has 0 N–H and O–H groups in total. The molecule has 158 valence electrons. The third kappa shape index (κ3) is 6.42. The van der Waals surface area contributed by atoms with Gasteiger partial charge in [-0.3, -0.25) is 0 Å². The van der Waals surface area contributed by atoms with Crippen LogP contribution in [0.2, 0.25) is 0 Å². The van der Waals surface area contributed by atoms with E-state index in [0.717, 1.165) is 5.56 Å². The molecule has 0 aliphatic carbocycles. The van der Waals surface area contributed by atoms with E-state index in [0.29, 0.717) is 25.9 Å². The number of benzene rings is 1. The number of esters is 2. The number of Topliss-reactive ketones (excluding diaryl/α,β-unsaturated/α-hetero) is 1. The number of carbonyl (C=O) groups excluding carboxylic acids is 3. The number of ketones is 1. The molecule has 1 saturated heterocycles. The molecular weight excluding hydrogens is 374 g/mol. The highest BCUT2D eigenvalue weighted by Gasteiger charge is 2.39. The Hall–Kier alpha value is -2.67. The molecule has 1 aliphatic rings. The van der Waals surface area contributed by atoms with Gasteiger partial charge in [0.15, 0.2) is 0 Å². The summed E-state index contributed by atoms with van der Waals surface area (Å²) in [5, 5.41) is 0. The van der Waals surface area contributed by atoms with E-state index < -0.39 is 18.2 Å². The summed E-state index contributed by atoms with van der Waals surface area (Å²) in [4.78, 5) is 38.0. The van der Waals surface area contributed by atoms with E-state index in [-0.39, 0.29) is 30.7 Å². The van der Waals surface area contributed by atoms with Crippen molar-refractivity contribution in [1.29, 1.82) is 0 Å². The molecule has 0 bridgehead atoms. The minimum atomic E-state index is -0.614. The van der Waals surface area contributed by atoms with Gasteiger partial charge in [-0.15, -0.1) is 0 Å². The van der Waals surface area contributed by atoms with Crippen LogP contribution in [0.3, 0.4) is 0 Å². The highest BCUT2D eigenvalue weighted by atomic mass is 16.5. The Kier molecular flexibility index (Phi) is 8.86. The zero-order chi connectivity index (χ0) is 21.2. The average Bonchev–Trinajstić information content (AvgIpc) is 3.10. The second-order valence-electron chi connectivity index (χ2n) is 6.72. The molecule has 2 unspecified atom stereocenters. The summed E-state index contributed by atoms with van der Waals surface area (Å²) < 4.78 is 16.2. The second-order valence-corrected chi connectivity index (χ2v) is 6.72. The zero-order valence-electron chi connectivity index (χ0n) is 17.3. The van der Waals surface area contributed by atoms with E-state index in [2.05, 4.69) is 0 Å². The summed E-state index contributed by atoms with van der Waals surface area (Å²) in [6, 6.07) is 9.38. The van der Waals surface area contributed by atoms with Crippen molar-refractivity contribution < 1.29 is 28.6 Å². The molecule has 1 aromatic rings. The Balaban J connectivity index is 2.39. The lowest BCUT2D eigenvalue weighted by Crippen LogP contribution is -2.36. The number of hydrogen-bond acceptors (Lipinski definition) is 7. The van der Waals surface area contributed by atoms with Crippen molar-refractivity contribution in [3.63, 3.8) is 0 Å². The van der Waals surface area contributed by atoms with Gasteiger partial charge in [0.1, 0.15) is 17.7 Å². The summed E-state index contributed by atoms with van der Waals surface area (Å²) >= 11 is 0. The predicted molar refractivity (Wildman–Crippen MR) is 107 cm³/mol. The molecule has 0 amide bonds. The van der Waals surface area contributed by atoms with Gasteiger partial charge in [-0.2, -0.15) is 0 Å². The van der Waals surface area contributed by atoms with Gasteiger partial charge in [-0.1, -0.05) is 30.3 Å². The number of carbonyl (C=O) groups is 3. The van der Waals surface area contributed by atoms with Crippen molar-refractivity contribution in [1.82, 2.24) is 4.90 Å². The van der Waals surface area contributed by atoms with Gasteiger partial charge in [0.25, 0.3) is 0 Å². The van der Waals surface area contributed by atoms with Crippen LogP contribution < -0.4 is 0 Å². The summed E-state index contributed by atoms with van der Waals surface area (Å²) in [5.74, 6) is -1.12. The summed E-state index contributed by atoms with van der Waals surface area (Å²) in [7, 11) is 0. The highest BCUT2D eigenvalue weighted by molar-refractivity contribution is 5.96. The summed E-state index contributed by atoms with van der Waals surface area (Å²) in [5.41, 5.74) is 1.06. The maximum absolute atomic E-state index is 12.7. The number of nitrogens with zero attached hydrogens (tertiary/aromatic N) is 1. The normalized spacial score (nSPS) is 19.1. The van der Waals surface area contributed by atoms with Crippen LogP contribution in [-0.4, -0.2) is 48.7 Å². The SMILES string of the molecule is CCOC(=O)/C=C(\C(=O)OCC)N1C(CCCC(C)=O)OCC1c1ccccc1. The van der Waals surface area contributed by atoms with Crippen LogP contribution in [-0.2, 0) is 28.6 Å². The quantitative estimate of drug-likeness (QED) is 0.438. The lowest BCUT2D eigenvalue weighted by molar-refractivity contribution is -0.143. The maximum Gasteiger partial charge on any atom is 0.354 e. The van der Waals surface area contributed by atoms with Gasteiger partial charge in [0.05, 0.1) is 31.9 Å². The molecular formula is C22H29NO6.